The Hall–Kier alpha value is -2.86. The molecule has 3 rings (SSSR count). The number of carbonyl (C=O) groups is 1. The predicted molar refractivity (Wildman–Crippen MR) is 93.9 cm³/mol. The molecule has 0 amide bonds. The minimum absolute atomic E-state index is 0.146. The van der Waals surface area contributed by atoms with Crippen molar-refractivity contribution in [3.63, 3.8) is 0 Å². The van der Waals surface area contributed by atoms with E-state index < -0.39 is 17.4 Å². The molecule has 1 aromatic heterocycles. The van der Waals surface area contributed by atoms with Crippen molar-refractivity contribution in [1.29, 1.82) is 0 Å². The summed E-state index contributed by atoms with van der Waals surface area (Å²) in [5, 5.41) is 1.09. The molecule has 0 saturated heterocycles. The zero-order chi connectivity index (χ0) is 18.7. The molecule has 134 valence electrons. The van der Waals surface area contributed by atoms with Crippen LogP contribution >= 0.6 is 11.6 Å². The first-order valence-corrected chi connectivity index (χ1v) is 8.07. The molecule has 0 spiro atoms. The van der Waals surface area contributed by atoms with E-state index in [1.807, 2.05) is 0 Å². The molecule has 3 aromatic rings. The van der Waals surface area contributed by atoms with Crippen LogP contribution in [0.5, 0.6) is 5.75 Å². The third kappa shape index (κ3) is 4.21. The zero-order valence-corrected chi connectivity index (χ0v) is 14.5. The van der Waals surface area contributed by atoms with Gasteiger partial charge in [0.1, 0.15) is 23.8 Å². The first-order chi connectivity index (χ1) is 12.4. The van der Waals surface area contributed by atoms with Gasteiger partial charge in [-0.2, -0.15) is 0 Å². The highest BCUT2D eigenvalue weighted by molar-refractivity contribution is 6.32. The van der Waals surface area contributed by atoms with Gasteiger partial charge >= 0.3 is 11.6 Å². The molecule has 0 saturated carbocycles. The van der Waals surface area contributed by atoms with Crippen molar-refractivity contribution in [2.24, 2.45) is 0 Å². The van der Waals surface area contributed by atoms with Crippen LogP contribution in [0.3, 0.4) is 0 Å². The summed E-state index contributed by atoms with van der Waals surface area (Å²) >= 11 is 6.11. The highest BCUT2D eigenvalue weighted by atomic mass is 35.5. The number of hydrogen-bond donors (Lipinski definition) is 0. The van der Waals surface area contributed by atoms with Crippen LogP contribution in [0, 0.1) is 12.7 Å². The number of carbonyl (C=O) groups excluding carboxylic acids is 1. The van der Waals surface area contributed by atoms with Gasteiger partial charge in [0.25, 0.3) is 0 Å². The van der Waals surface area contributed by atoms with Gasteiger partial charge in [-0.25, -0.2) is 14.0 Å². The van der Waals surface area contributed by atoms with Crippen LogP contribution in [-0.4, -0.2) is 12.6 Å². The average Bonchev–Trinajstić information content (AvgIpc) is 2.59. The Labute approximate surface area is 152 Å². The van der Waals surface area contributed by atoms with Crippen LogP contribution in [0.1, 0.15) is 11.1 Å². The smallest absolute Gasteiger partial charge is 0.344 e. The summed E-state index contributed by atoms with van der Waals surface area (Å²) in [6.45, 7) is 1.26. The first-order valence-electron chi connectivity index (χ1n) is 7.69. The molecule has 0 aliphatic carbocycles. The molecular weight excluding hydrogens is 363 g/mol. The second kappa shape index (κ2) is 7.58. The van der Waals surface area contributed by atoms with Crippen LogP contribution in [0.2, 0.25) is 5.02 Å². The minimum atomic E-state index is -0.658. The van der Waals surface area contributed by atoms with Gasteiger partial charge in [-0.15, -0.1) is 0 Å². The summed E-state index contributed by atoms with van der Waals surface area (Å²) in [6, 6.07) is 9.97. The first kappa shape index (κ1) is 17.9. The molecule has 26 heavy (non-hydrogen) atoms. The fourth-order valence-electron chi connectivity index (χ4n) is 2.37. The SMILES string of the molecule is Cc1cc2oc(=O)cc(COC(=O)COc3cccc(F)c3)c2cc1Cl. The Kier molecular flexibility index (Phi) is 5.23. The topological polar surface area (TPSA) is 65.7 Å². The largest absolute Gasteiger partial charge is 0.482 e. The molecule has 5 nitrogen and oxygen atoms in total. The Morgan fingerprint density at radius 1 is 1.23 bits per heavy atom. The van der Waals surface area contributed by atoms with Gasteiger partial charge in [0.05, 0.1) is 0 Å². The van der Waals surface area contributed by atoms with Crippen LogP contribution in [0.25, 0.3) is 11.0 Å². The summed E-state index contributed by atoms with van der Waals surface area (Å²) in [5.74, 6) is -0.908. The van der Waals surface area contributed by atoms with Crippen molar-refractivity contribution < 1.29 is 23.1 Å². The Morgan fingerprint density at radius 3 is 2.81 bits per heavy atom. The fourth-order valence-corrected chi connectivity index (χ4v) is 2.53. The van der Waals surface area contributed by atoms with E-state index >= 15 is 0 Å². The summed E-state index contributed by atoms with van der Waals surface area (Å²) in [4.78, 5) is 23.5. The Bertz CT molecular complexity index is 1030. The number of hydrogen-bond acceptors (Lipinski definition) is 5. The quantitative estimate of drug-likeness (QED) is 0.497. The van der Waals surface area contributed by atoms with E-state index in [2.05, 4.69) is 0 Å². The molecule has 7 heteroatoms. The summed E-state index contributed by atoms with van der Waals surface area (Å²) in [5.41, 5.74) is 1.04. The van der Waals surface area contributed by atoms with Crippen LogP contribution in [-0.2, 0) is 16.1 Å². The maximum absolute atomic E-state index is 13.1. The molecule has 2 aromatic carbocycles. The molecule has 0 atom stereocenters. The van der Waals surface area contributed by atoms with Crippen molar-refractivity contribution in [1.82, 2.24) is 0 Å². The maximum Gasteiger partial charge on any atom is 0.344 e. The van der Waals surface area contributed by atoms with Gasteiger partial charge in [-0.3, -0.25) is 0 Å². The molecule has 1 heterocycles. The van der Waals surface area contributed by atoms with E-state index in [4.69, 9.17) is 25.5 Å². The van der Waals surface area contributed by atoms with Crippen LogP contribution in [0.15, 0.2) is 51.7 Å². The highest BCUT2D eigenvalue weighted by Crippen LogP contribution is 2.25. The Morgan fingerprint density at radius 2 is 2.04 bits per heavy atom. The summed E-state index contributed by atoms with van der Waals surface area (Å²) in [7, 11) is 0. The van der Waals surface area contributed by atoms with E-state index in [1.165, 1.54) is 24.3 Å². The van der Waals surface area contributed by atoms with E-state index in [1.54, 1.807) is 19.1 Å². The monoisotopic (exact) mass is 376 g/mol. The van der Waals surface area contributed by atoms with Crippen LogP contribution < -0.4 is 10.4 Å². The molecule has 0 aliphatic heterocycles. The van der Waals surface area contributed by atoms with Crippen LogP contribution in [0.4, 0.5) is 4.39 Å². The minimum Gasteiger partial charge on any atom is -0.482 e. The third-order valence-corrected chi connectivity index (χ3v) is 4.06. The zero-order valence-electron chi connectivity index (χ0n) is 13.8. The summed E-state index contributed by atoms with van der Waals surface area (Å²) in [6.07, 6.45) is 0. The number of benzene rings is 2. The molecule has 0 fully saturated rings. The van der Waals surface area contributed by atoms with E-state index in [0.29, 0.717) is 21.6 Å². The average molecular weight is 377 g/mol. The number of ether oxygens (including phenoxy) is 2. The molecule has 0 N–H and O–H groups in total. The molecule has 0 unspecified atom stereocenters. The molecule has 0 radical (unpaired) electrons. The van der Waals surface area contributed by atoms with Crippen molar-refractivity contribution in [3.05, 3.63) is 74.9 Å². The second-order valence-electron chi connectivity index (χ2n) is 5.59. The van der Waals surface area contributed by atoms with Gasteiger partial charge in [0.2, 0.25) is 0 Å². The van der Waals surface area contributed by atoms with Gasteiger partial charge in [0.15, 0.2) is 6.61 Å². The predicted octanol–water partition coefficient (Wildman–Crippen LogP) is 4.02. The third-order valence-electron chi connectivity index (χ3n) is 3.65. The highest BCUT2D eigenvalue weighted by Gasteiger charge is 2.11. The van der Waals surface area contributed by atoms with Gasteiger partial charge in [-0.1, -0.05) is 17.7 Å². The number of esters is 1. The molecule has 0 bridgehead atoms. The summed E-state index contributed by atoms with van der Waals surface area (Å²) < 4.78 is 28.5. The lowest BCUT2D eigenvalue weighted by molar-refractivity contribution is -0.147. The standard InChI is InChI=1S/C19H14ClFO5/c1-11-5-17-15(8-16(11)20)12(6-18(22)26-17)9-25-19(23)10-24-14-4-2-3-13(21)7-14/h2-8H,9-10H2,1H3. The number of fused-ring (bicyclic) bond motifs is 1. The van der Waals surface area contributed by atoms with Gasteiger partial charge < -0.3 is 13.9 Å². The van der Waals surface area contributed by atoms with Crippen molar-refractivity contribution in [2.45, 2.75) is 13.5 Å². The second-order valence-corrected chi connectivity index (χ2v) is 6.00. The van der Waals surface area contributed by atoms with E-state index in [0.717, 1.165) is 11.6 Å². The van der Waals surface area contributed by atoms with E-state index in [-0.39, 0.29) is 19.0 Å². The Balaban J connectivity index is 1.70. The number of halogens is 2. The maximum atomic E-state index is 13.1. The van der Waals surface area contributed by atoms with E-state index in [9.17, 15) is 14.0 Å². The van der Waals surface area contributed by atoms with Gasteiger partial charge in [-0.05, 0) is 36.8 Å². The normalized spacial score (nSPS) is 10.7. The molecular formula is C19H14ClFO5. The lowest BCUT2D eigenvalue weighted by atomic mass is 10.1. The number of aryl methyl sites for hydroxylation is 1. The molecule has 0 aliphatic rings. The number of rotatable bonds is 5. The lowest BCUT2D eigenvalue weighted by Crippen LogP contribution is -2.15. The van der Waals surface area contributed by atoms with Crippen molar-refractivity contribution in [3.8, 4) is 5.75 Å². The lowest BCUT2D eigenvalue weighted by Gasteiger charge is -2.09. The van der Waals surface area contributed by atoms with Gasteiger partial charge in [0, 0.05) is 28.1 Å². The fraction of sp³-hybridized carbons (Fsp3) is 0.158. The van der Waals surface area contributed by atoms with Crippen molar-refractivity contribution in [2.75, 3.05) is 6.61 Å². The van der Waals surface area contributed by atoms with Crippen molar-refractivity contribution >= 4 is 28.5 Å².